The predicted molar refractivity (Wildman–Crippen MR) is 93.1 cm³/mol. The fourth-order valence-electron chi connectivity index (χ4n) is 4.07. The van der Waals surface area contributed by atoms with Gasteiger partial charge >= 0.3 is 6.09 Å². The lowest BCUT2D eigenvalue weighted by Gasteiger charge is -2.39. The van der Waals surface area contributed by atoms with Gasteiger partial charge in [0, 0.05) is 23.6 Å². The van der Waals surface area contributed by atoms with E-state index in [-0.39, 0.29) is 29.9 Å². The molecule has 2 aliphatic rings. The van der Waals surface area contributed by atoms with Gasteiger partial charge in [-0.3, -0.25) is 4.79 Å². The lowest BCUT2D eigenvalue weighted by molar-refractivity contribution is 0.00253. The number of carbonyl (C=O) groups excluding carboxylic acids is 2. The van der Waals surface area contributed by atoms with E-state index in [2.05, 4.69) is 0 Å². The van der Waals surface area contributed by atoms with Gasteiger partial charge in [-0.15, -0.1) is 0 Å². The summed E-state index contributed by atoms with van der Waals surface area (Å²) in [6.07, 6.45) is 3.23. The van der Waals surface area contributed by atoms with Crippen molar-refractivity contribution < 1.29 is 14.3 Å². The number of fused-ring (bicyclic) bond motifs is 2. The second-order valence-corrected chi connectivity index (χ2v) is 8.12. The van der Waals surface area contributed by atoms with Crippen LogP contribution in [0.3, 0.4) is 0 Å². The van der Waals surface area contributed by atoms with Crippen LogP contribution in [-0.2, 0) is 4.74 Å². The zero-order valence-corrected chi connectivity index (χ0v) is 15.0. The Morgan fingerprint density at radius 1 is 1.08 bits per heavy atom. The third kappa shape index (κ3) is 3.33. The van der Waals surface area contributed by atoms with Crippen LogP contribution in [0.25, 0.3) is 0 Å². The summed E-state index contributed by atoms with van der Waals surface area (Å²) in [4.78, 5) is 27.3. The highest BCUT2D eigenvalue weighted by Crippen LogP contribution is 2.40. The van der Waals surface area contributed by atoms with E-state index < -0.39 is 5.60 Å². The first-order valence-corrected chi connectivity index (χ1v) is 8.87. The van der Waals surface area contributed by atoms with Crippen LogP contribution in [0, 0.1) is 12.8 Å². The standard InChI is InChI=1S/C20H27NO3/c1-13-7-5-6-8-17(13)18(22)14-11-15-9-10-16(12-14)21(15)19(23)24-20(2,3)4/h5-8,14-16H,9-12H2,1-4H3. The molecule has 0 N–H and O–H groups in total. The maximum atomic E-state index is 12.9. The molecular weight excluding hydrogens is 302 g/mol. The Bertz CT molecular complexity index is 633. The maximum Gasteiger partial charge on any atom is 0.410 e. The van der Waals surface area contributed by atoms with Gasteiger partial charge in [0.1, 0.15) is 5.60 Å². The summed E-state index contributed by atoms with van der Waals surface area (Å²) in [5.41, 5.74) is 1.38. The smallest absolute Gasteiger partial charge is 0.410 e. The van der Waals surface area contributed by atoms with Gasteiger partial charge in [0.25, 0.3) is 0 Å². The number of carbonyl (C=O) groups is 2. The van der Waals surface area contributed by atoms with E-state index in [1.807, 2.05) is 56.9 Å². The zero-order valence-electron chi connectivity index (χ0n) is 15.0. The Morgan fingerprint density at radius 3 is 2.21 bits per heavy atom. The quantitative estimate of drug-likeness (QED) is 0.758. The molecule has 130 valence electrons. The van der Waals surface area contributed by atoms with Crippen molar-refractivity contribution in [2.45, 2.75) is 71.1 Å². The number of nitrogens with zero attached hydrogens (tertiary/aromatic N) is 1. The molecule has 0 spiro atoms. The Kier molecular flexibility index (Phi) is 4.41. The first-order valence-electron chi connectivity index (χ1n) is 8.87. The van der Waals surface area contributed by atoms with Gasteiger partial charge in [0.2, 0.25) is 0 Å². The number of benzene rings is 1. The molecule has 2 fully saturated rings. The minimum absolute atomic E-state index is 0.0160. The number of ether oxygens (including phenoxy) is 1. The van der Waals surface area contributed by atoms with Crippen molar-refractivity contribution in [1.29, 1.82) is 0 Å². The largest absolute Gasteiger partial charge is 0.444 e. The highest BCUT2D eigenvalue weighted by atomic mass is 16.6. The number of Topliss-reactive ketones (excluding diaryl/α,β-unsaturated/α-hetero) is 1. The molecule has 2 atom stereocenters. The molecule has 1 amide bonds. The number of hydrogen-bond acceptors (Lipinski definition) is 3. The summed E-state index contributed by atoms with van der Waals surface area (Å²) in [6.45, 7) is 7.65. The second kappa shape index (κ2) is 6.23. The van der Waals surface area contributed by atoms with Crippen molar-refractivity contribution in [3.63, 3.8) is 0 Å². The van der Waals surface area contributed by atoms with Crippen molar-refractivity contribution in [3.05, 3.63) is 35.4 Å². The van der Waals surface area contributed by atoms with Crippen LogP contribution in [0.4, 0.5) is 4.79 Å². The topological polar surface area (TPSA) is 46.6 Å². The monoisotopic (exact) mass is 329 g/mol. The Balaban J connectivity index is 1.72. The molecule has 3 rings (SSSR count). The van der Waals surface area contributed by atoms with Gasteiger partial charge in [-0.25, -0.2) is 4.79 Å². The Morgan fingerprint density at radius 2 is 1.67 bits per heavy atom. The molecule has 24 heavy (non-hydrogen) atoms. The molecule has 2 aliphatic heterocycles. The molecule has 0 aliphatic carbocycles. The SMILES string of the molecule is Cc1ccccc1C(=O)C1CC2CCC(C1)N2C(=O)OC(C)(C)C. The van der Waals surface area contributed by atoms with Crippen LogP contribution in [0.1, 0.15) is 62.4 Å². The first-order chi connectivity index (χ1) is 11.3. The molecular formula is C20H27NO3. The van der Waals surface area contributed by atoms with E-state index in [0.717, 1.165) is 36.8 Å². The van der Waals surface area contributed by atoms with E-state index in [9.17, 15) is 9.59 Å². The van der Waals surface area contributed by atoms with Crippen LogP contribution >= 0.6 is 0 Å². The number of hydrogen-bond donors (Lipinski definition) is 0. The second-order valence-electron chi connectivity index (χ2n) is 8.12. The lowest BCUT2D eigenvalue weighted by atomic mass is 9.84. The molecule has 4 nitrogen and oxygen atoms in total. The Labute approximate surface area is 144 Å². The first kappa shape index (κ1) is 17.0. The third-order valence-electron chi connectivity index (χ3n) is 5.12. The molecule has 1 aromatic carbocycles. The molecule has 2 bridgehead atoms. The summed E-state index contributed by atoms with van der Waals surface area (Å²) in [5.74, 6) is 0.246. The minimum Gasteiger partial charge on any atom is -0.444 e. The summed E-state index contributed by atoms with van der Waals surface area (Å²) >= 11 is 0. The number of aryl methyl sites for hydroxylation is 1. The molecule has 0 radical (unpaired) electrons. The van der Waals surface area contributed by atoms with Crippen molar-refractivity contribution >= 4 is 11.9 Å². The molecule has 2 saturated heterocycles. The fourth-order valence-corrected chi connectivity index (χ4v) is 4.07. The number of rotatable bonds is 2. The van der Waals surface area contributed by atoms with E-state index >= 15 is 0 Å². The normalized spacial score (nSPS) is 26.3. The molecule has 0 aromatic heterocycles. The highest BCUT2D eigenvalue weighted by molar-refractivity contribution is 5.99. The summed E-state index contributed by atoms with van der Waals surface area (Å²) in [5, 5.41) is 0. The van der Waals surface area contributed by atoms with Gasteiger partial charge in [-0.1, -0.05) is 24.3 Å². The van der Waals surface area contributed by atoms with Crippen molar-refractivity contribution in [2.24, 2.45) is 5.92 Å². The number of piperidine rings is 1. The summed E-state index contributed by atoms with van der Waals surface area (Å²) in [7, 11) is 0. The van der Waals surface area contributed by atoms with Crippen LogP contribution in [-0.4, -0.2) is 34.5 Å². The van der Waals surface area contributed by atoms with Gasteiger partial charge < -0.3 is 9.64 Å². The number of ketones is 1. The summed E-state index contributed by atoms with van der Waals surface area (Å²) in [6, 6.07) is 8.05. The predicted octanol–water partition coefficient (Wildman–Crippen LogP) is 4.36. The molecule has 4 heteroatoms. The van der Waals surface area contributed by atoms with Crippen molar-refractivity contribution in [3.8, 4) is 0 Å². The van der Waals surface area contributed by atoms with Crippen LogP contribution < -0.4 is 0 Å². The van der Waals surface area contributed by atoms with E-state index in [4.69, 9.17) is 4.74 Å². The van der Waals surface area contributed by atoms with E-state index in [1.165, 1.54) is 0 Å². The number of amides is 1. The third-order valence-corrected chi connectivity index (χ3v) is 5.12. The van der Waals surface area contributed by atoms with Gasteiger partial charge in [-0.2, -0.15) is 0 Å². The molecule has 1 aromatic rings. The minimum atomic E-state index is -0.482. The van der Waals surface area contributed by atoms with Crippen LogP contribution in [0.2, 0.25) is 0 Å². The van der Waals surface area contributed by atoms with Gasteiger partial charge in [0.15, 0.2) is 5.78 Å². The van der Waals surface area contributed by atoms with Gasteiger partial charge in [0.05, 0.1) is 0 Å². The average molecular weight is 329 g/mol. The highest BCUT2D eigenvalue weighted by Gasteiger charge is 2.46. The lowest BCUT2D eigenvalue weighted by Crippen LogP contribution is -2.49. The Hall–Kier alpha value is -1.84. The van der Waals surface area contributed by atoms with Crippen molar-refractivity contribution in [1.82, 2.24) is 4.90 Å². The molecule has 2 unspecified atom stereocenters. The van der Waals surface area contributed by atoms with Crippen molar-refractivity contribution in [2.75, 3.05) is 0 Å². The summed E-state index contributed by atoms with van der Waals surface area (Å²) < 4.78 is 5.56. The van der Waals surface area contributed by atoms with E-state index in [0.29, 0.717) is 0 Å². The van der Waals surface area contributed by atoms with E-state index in [1.54, 1.807) is 0 Å². The fraction of sp³-hybridized carbons (Fsp3) is 0.600. The van der Waals surface area contributed by atoms with Crippen LogP contribution in [0.15, 0.2) is 24.3 Å². The molecule has 0 saturated carbocycles. The van der Waals surface area contributed by atoms with Gasteiger partial charge in [-0.05, 0) is 58.9 Å². The zero-order chi connectivity index (χ0) is 17.5. The maximum absolute atomic E-state index is 12.9. The average Bonchev–Trinajstić information content (AvgIpc) is 2.76. The van der Waals surface area contributed by atoms with Crippen LogP contribution in [0.5, 0.6) is 0 Å². The molecule has 2 heterocycles.